The topological polar surface area (TPSA) is 78.9 Å². The van der Waals surface area contributed by atoms with Gasteiger partial charge in [0.2, 0.25) is 16.0 Å². The molecule has 0 aliphatic carbocycles. The molecule has 0 aromatic carbocycles. The van der Waals surface area contributed by atoms with Gasteiger partial charge < -0.3 is 14.5 Å². The van der Waals surface area contributed by atoms with Gasteiger partial charge in [-0.1, -0.05) is 6.92 Å². The molecule has 9 heteroatoms. The maximum atomic E-state index is 12.0. The normalized spacial score (nSPS) is 20.1. The highest BCUT2D eigenvalue weighted by molar-refractivity contribution is 7.89. The molecule has 1 aromatic rings. The first-order valence-corrected chi connectivity index (χ1v) is 10.6. The van der Waals surface area contributed by atoms with Crippen molar-refractivity contribution >= 4 is 21.8 Å². The van der Waals surface area contributed by atoms with Crippen molar-refractivity contribution in [3.8, 4) is 0 Å². The number of aryl methyl sites for hydroxylation is 1. The molecule has 0 amide bonds. The first-order valence-electron chi connectivity index (χ1n) is 8.97. The van der Waals surface area contributed by atoms with Crippen LogP contribution in [0.3, 0.4) is 0 Å². The van der Waals surface area contributed by atoms with Crippen molar-refractivity contribution in [2.24, 2.45) is 0 Å². The number of anilines is 2. The molecule has 0 saturated carbocycles. The van der Waals surface area contributed by atoms with E-state index in [1.54, 1.807) is 11.2 Å². The number of rotatable bonds is 5. The number of ether oxygens (including phenoxy) is 1. The second kappa shape index (κ2) is 7.84. The quantitative estimate of drug-likeness (QED) is 0.741. The Balaban J connectivity index is 1.76. The van der Waals surface area contributed by atoms with Crippen molar-refractivity contribution < 1.29 is 13.2 Å². The Morgan fingerprint density at radius 2 is 1.68 bits per heavy atom. The predicted molar refractivity (Wildman–Crippen MR) is 97.7 cm³/mol. The Labute approximate surface area is 149 Å². The number of hydrogen-bond acceptors (Lipinski definition) is 7. The number of sulfonamides is 1. The molecule has 2 saturated heterocycles. The van der Waals surface area contributed by atoms with Crippen molar-refractivity contribution in [3.05, 3.63) is 11.8 Å². The molecule has 0 atom stereocenters. The Hall–Kier alpha value is -1.45. The van der Waals surface area contributed by atoms with E-state index < -0.39 is 10.0 Å². The molecule has 0 bridgehead atoms. The number of hydrogen-bond donors (Lipinski definition) is 0. The van der Waals surface area contributed by atoms with Gasteiger partial charge in [0, 0.05) is 51.0 Å². The molecule has 0 N–H and O–H groups in total. The SMILES string of the molecule is CCc1cc(N2CCN(S(=O)(=O)CC)CC2)nc(N2CCOCC2)n1. The Morgan fingerprint density at radius 3 is 2.28 bits per heavy atom. The summed E-state index contributed by atoms with van der Waals surface area (Å²) in [6, 6.07) is 2.02. The van der Waals surface area contributed by atoms with E-state index in [2.05, 4.69) is 21.7 Å². The highest BCUT2D eigenvalue weighted by atomic mass is 32.2. The fraction of sp³-hybridized carbons (Fsp3) is 0.750. The highest BCUT2D eigenvalue weighted by Crippen LogP contribution is 2.21. The van der Waals surface area contributed by atoms with Crippen LogP contribution in [-0.2, 0) is 21.2 Å². The highest BCUT2D eigenvalue weighted by Gasteiger charge is 2.27. The molecule has 25 heavy (non-hydrogen) atoms. The van der Waals surface area contributed by atoms with E-state index in [1.807, 2.05) is 6.07 Å². The molecule has 0 radical (unpaired) electrons. The van der Waals surface area contributed by atoms with E-state index in [4.69, 9.17) is 9.72 Å². The van der Waals surface area contributed by atoms with Gasteiger partial charge in [-0.15, -0.1) is 0 Å². The summed E-state index contributed by atoms with van der Waals surface area (Å²) in [4.78, 5) is 13.7. The molecule has 3 heterocycles. The average molecular weight is 369 g/mol. The second-order valence-electron chi connectivity index (χ2n) is 6.26. The standard InChI is InChI=1S/C16H27N5O3S/c1-3-14-13-15(18-16(17-14)20-9-11-24-12-10-20)19-5-7-21(8-6-19)25(22,23)4-2/h13H,3-12H2,1-2H3. The van der Waals surface area contributed by atoms with Crippen LogP contribution in [0.15, 0.2) is 6.07 Å². The summed E-state index contributed by atoms with van der Waals surface area (Å²) < 4.78 is 31.0. The minimum atomic E-state index is -3.11. The summed E-state index contributed by atoms with van der Waals surface area (Å²) in [6.07, 6.45) is 0.844. The van der Waals surface area contributed by atoms with Gasteiger partial charge in [0.1, 0.15) is 5.82 Å². The first-order chi connectivity index (χ1) is 12.0. The van der Waals surface area contributed by atoms with Crippen molar-refractivity contribution in [3.63, 3.8) is 0 Å². The molecule has 0 spiro atoms. The summed E-state index contributed by atoms with van der Waals surface area (Å²) >= 11 is 0. The molecule has 8 nitrogen and oxygen atoms in total. The van der Waals surface area contributed by atoms with Crippen LogP contribution in [0.25, 0.3) is 0 Å². The molecule has 3 rings (SSSR count). The van der Waals surface area contributed by atoms with E-state index >= 15 is 0 Å². The van der Waals surface area contributed by atoms with Crippen molar-refractivity contribution in [1.82, 2.24) is 14.3 Å². The third-order valence-electron chi connectivity index (χ3n) is 4.73. The zero-order valence-electron chi connectivity index (χ0n) is 15.0. The van der Waals surface area contributed by atoms with Gasteiger partial charge in [0.25, 0.3) is 0 Å². The summed E-state index contributed by atoms with van der Waals surface area (Å²) in [6.45, 7) is 9.09. The Morgan fingerprint density at radius 1 is 1.00 bits per heavy atom. The van der Waals surface area contributed by atoms with E-state index in [-0.39, 0.29) is 5.75 Å². The first kappa shape index (κ1) is 18.3. The van der Waals surface area contributed by atoms with Crippen molar-refractivity contribution in [2.45, 2.75) is 20.3 Å². The Bertz CT molecular complexity index is 683. The lowest BCUT2D eigenvalue weighted by Gasteiger charge is -2.35. The van der Waals surface area contributed by atoms with Crippen LogP contribution in [-0.4, -0.2) is 80.9 Å². The van der Waals surface area contributed by atoms with Crippen LogP contribution in [0.5, 0.6) is 0 Å². The largest absolute Gasteiger partial charge is 0.378 e. The van der Waals surface area contributed by atoms with E-state index in [0.717, 1.165) is 37.0 Å². The second-order valence-corrected chi connectivity index (χ2v) is 8.51. The van der Waals surface area contributed by atoms with E-state index in [1.165, 1.54) is 0 Å². The molecule has 0 unspecified atom stereocenters. The molecular formula is C16H27N5O3S. The monoisotopic (exact) mass is 369 g/mol. The van der Waals surface area contributed by atoms with Crippen LogP contribution in [0.4, 0.5) is 11.8 Å². The lowest BCUT2D eigenvalue weighted by molar-refractivity contribution is 0.122. The van der Waals surface area contributed by atoms with Crippen LogP contribution in [0.1, 0.15) is 19.5 Å². The van der Waals surface area contributed by atoms with Gasteiger partial charge in [0.15, 0.2) is 0 Å². The van der Waals surface area contributed by atoms with E-state index in [9.17, 15) is 8.42 Å². The van der Waals surface area contributed by atoms with Crippen LogP contribution >= 0.6 is 0 Å². The molecule has 2 fully saturated rings. The van der Waals surface area contributed by atoms with Gasteiger partial charge >= 0.3 is 0 Å². The smallest absolute Gasteiger partial charge is 0.227 e. The minimum absolute atomic E-state index is 0.154. The summed E-state index contributed by atoms with van der Waals surface area (Å²) in [5.74, 6) is 1.80. The van der Waals surface area contributed by atoms with Crippen LogP contribution in [0.2, 0.25) is 0 Å². The number of morpholine rings is 1. The Kier molecular flexibility index (Phi) is 5.75. The summed E-state index contributed by atoms with van der Waals surface area (Å²) in [5, 5.41) is 0. The lowest BCUT2D eigenvalue weighted by Crippen LogP contribution is -2.49. The van der Waals surface area contributed by atoms with E-state index in [0.29, 0.717) is 39.4 Å². The van der Waals surface area contributed by atoms with Gasteiger partial charge in [-0.05, 0) is 13.3 Å². The molecule has 2 aliphatic rings. The van der Waals surface area contributed by atoms with Gasteiger partial charge in [0.05, 0.1) is 19.0 Å². The van der Waals surface area contributed by atoms with Gasteiger partial charge in [-0.3, -0.25) is 0 Å². The summed E-state index contributed by atoms with van der Waals surface area (Å²) in [5.41, 5.74) is 1.01. The van der Waals surface area contributed by atoms with Crippen molar-refractivity contribution in [2.75, 3.05) is 68.0 Å². The fourth-order valence-corrected chi connectivity index (χ4v) is 4.18. The maximum Gasteiger partial charge on any atom is 0.227 e. The van der Waals surface area contributed by atoms with Crippen LogP contribution in [0, 0.1) is 0 Å². The number of piperazine rings is 1. The lowest BCUT2D eigenvalue weighted by atomic mass is 10.3. The number of aromatic nitrogens is 2. The van der Waals surface area contributed by atoms with Gasteiger partial charge in [-0.25, -0.2) is 13.4 Å². The predicted octanol–water partition coefficient (Wildman–Crippen LogP) is 0.347. The third-order valence-corrected chi connectivity index (χ3v) is 6.61. The minimum Gasteiger partial charge on any atom is -0.378 e. The van der Waals surface area contributed by atoms with Crippen LogP contribution < -0.4 is 9.80 Å². The molecule has 1 aromatic heterocycles. The third kappa shape index (κ3) is 4.21. The van der Waals surface area contributed by atoms with Gasteiger partial charge in [-0.2, -0.15) is 9.29 Å². The molecule has 2 aliphatic heterocycles. The summed E-state index contributed by atoms with van der Waals surface area (Å²) in [7, 11) is -3.11. The van der Waals surface area contributed by atoms with Crippen molar-refractivity contribution in [1.29, 1.82) is 0 Å². The zero-order chi connectivity index (χ0) is 17.9. The zero-order valence-corrected chi connectivity index (χ0v) is 15.8. The molecule has 140 valence electrons. The average Bonchev–Trinajstić information content (AvgIpc) is 2.68. The fourth-order valence-electron chi connectivity index (χ4n) is 3.10. The molecular weight excluding hydrogens is 342 g/mol. The maximum absolute atomic E-state index is 12.0. The number of nitrogens with zero attached hydrogens (tertiary/aromatic N) is 5.